The summed E-state index contributed by atoms with van der Waals surface area (Å²) in [4.78, 5) is 37.1. The normalized spacial score (nSPS) is 11.4. The Balaban J connectivity index is 2.19. The van der Waals surface area contributed by atoms with Crippen LogP contribution in [0.3, 0.4) is 0 Å². The lowest BCUT2D eigenvalue weighted by Gasteiger charge is -2.28. The maximum absolute atomic E-state index is 14.2. The molecule has 0 radical (unpaired) electrons. The van der Waals surface area contributed by atoms with Crippen molar-refractivity contribution in [3.63, 3.8) is 0 Å². The Morgan fingerprint density at radius 2 is 1.97 bits per heavy atom. The Bertz CT molecular complexity index is 968. The van der Waals surface area contributed by atoms with Crippen molar-refractivity contribution in [3.05, 3.63) is 64.0 Å². The van der Waals surface area contributed by atoms with E-state index in [1.807, 2.05) is 6.92 Å². The van der Waals surface area contributed by atoms with Crippen LogP contribution in [0.4, 0.5) is 10.1 Å². The van der Waals surface area contributed by atoms with E-state index in [0.717, 1.165) is 6.42 Å². The number of methoxy groups -OCH3 is 1. The molecule has 172 valence electrons. The highest BCUT2D eigenvalue weighted by Crippen LogP contribution is 2.30. The number of amides is 2. The maximum Gasteiger partial charge on any atom is 0.311 e. The number of nitrogens with zero attached hydrogens (tertiary/aromatic N) is 2. The average Bonchev–Trinajstić information content (AvgIpc) is 2.79. The zero-order chi connectivity index (χ0) is 23.7. The van der Waals surface area contributed by atoms with Gasteiger partial charge in [0.25, 0.3) is 5.91 Å². The quantitative estimate of drug-likeness (QED) is 0.419. The topological polar surface area (TPSA) is 111 Å². The van der Waals surface area contributed by atoms with Crippen LogP contribution >= 0.6 is 0 Å². The van der Waals surface area contributed by atoms with Crippen molar-refractivity contribution in [2.45, 2.75) is 32.9 Å². The summed E-state index contributed by atoms with van der Waals surface area (Å²) < 4.78 is 24.7. The first-order chi connectivity index (χ1) is 15.3. The lowest BCUT2D eigenvalue weighted by atomic mass is 10.1. The number of hydrogen-bond acceptors (Lipinski definition) is 6. The summed E-state index contributed by atoms with van der Waals surface area (Å²) in [7, 11) is 1.28. The molecule has 10 heteroatoms. The number of halogens is 1. The molecule has 0 unspecified atom stereocenters. The van der Waals surface area contributed by atoms with Gasteiger partial charge < -0.3 is 19.7 Å². The van der Waals surface area contributed by atoms with E-state index in [9.17, 15) is 24.1 Å². The van der Waals surface area contributed by atoms with Gasteiger partial charge in [0, 0.05) is 30.8 Å². The molecule has 2 aromatic rings. The number of carbonyl (C=O) groups is 2. The molecule has 2 rings (SSSR count). The van der Waals surface area contributed by atoms with Gasteiger partial charge in [0.2, 0.25) is 11.7 Å². The highest BCUT2D eigenvalue weighted by atomic mass is 19.1. The molecule has 0 aromatic heterocycles. The highest BCUT2D eigenvalue weighted by Gasteiger charge is 2.27. The van der Waals surface area contributed by atoms with Gasteiger partial charge >= 0.3 is 5.69 Å². The van der Waals surface area contributed by atoms with Gasteiger partial charge in [-0.2, -0.15) is 0 Å². The Morgan fingerprint density at radius 1 is 1.25 bits per heavy atom. The van der Waals surface area contributed by atoms with E-state index < -0.39 is 29.3 Å². The molecule has 9 nitrogen and oxygen atoms in total. The number of nitro groups is 1. The third-order valence-corrected chi connectivity index (χ3v) is 4.73. The number of hydrogen-bond donors (Lipinski definition) is 1. The van der Waals surface area contributed by atoms with Gasteiger partial charge in [-0.25, -0.2) is 4.39 Å². The van der Waals surface area contributed by atoms with E-state index in [1.54, 1.807) is 13.0 Å². The minimum Gasteiger partial charge on any atom is -0.490 e. The number of carbonyl (C=O) groups excluding carboxylic acids is 2. The van der Waals surface area contributed by atoms with Crippen molar-refractivity contribution in [3.8, 4) is 11.5 Å². The summed E-state index contributed by atoms with van der Waals surface area (Å²) in [5.74, 6) is -1.25. The fraction of sp³-hybridized carbons (Fsp3) is 0.364. The fourth-order valence-corrected chi connectivity index (χ4v) is 2.92. The second-order valence-electron chi connectivity index (χ2n) is 6.96. The van der Waals surface area contributed by atoms with Crippen molar-refractivity contribution in [2.24, 2.45) is 0 Å². The molecular formula is C22H26FN3O6. The van der Waals surface area contributed by atoms with Crippen LogP contribution in [0.15, 0.2) is 42.5 Å². The molecule has 0 spiro atoms. The molecule has 0 aliphatic carbocycles. The van der Waals surface area contributed by atoms with E-state index >= 15 is 0 Å². The van der Waals surface area contributed by atoms with E-state index in [2.05, 4.69) is 5.32 Å². The molecule has 0 bridgehead atoms. The molecule has 0 heterocycles. The zero-order valence-electron chi connectivity index (χ0n) is 18.2. The summed E-state index contributed by atoms with van der Waals surface area (Å²) in [5.41, 5.74) is 0.0153. The van der Waals surface area contributed by atoms with Gasteiger partial charge in [0.05, 0.1) is 12.0 Å². The standard InChI is InChI=1S/C22H26FN3O6/c1-4-11-24-22(28)15(2)25(13-16-7-5-6-8-18(16)23)21(27)14-32-17-9-10-19(26(29)30)20(12-17)31-3/h5-10,12,15H,4,11,13-14H2,1-3H3,(H,24,28)/t15-/m1/s1. The van der Waals surface area contributed by atoms with Gasteiger partial charge in [0.15, 0.2) is 6.61 Å². The predicted octanol–water partition coefficient (Wildman–Crippen LogP) is 3.06. The van der Waals surface area contributed by atoms with E-state index in [1.165, 1.54) is 48.4 Å². The predicted molar refractivity (Wildman–Crippen MR) is 115 cm³/mol. The summed E-state index contributed by atoms with van der Waals surface area (Å²) >= 11 is 0. The van der Waals surface area contributed by atoms with Gasteiger partial charge in [-0.05, 0) is 25.5 Å². The third kappa shape index (κ3) is 6.40. The molecule has 2 aromatic carbocycles. The average molecular weight is 447 g/mol. The third-order valence-electron chi connectivity index (χ3n) is 4.73. The van der Waals surface area contributed by atoms with Crippen LogP contribution in [0, 0.1) is 15.9 Å². The van der Waals surface area contributed by atoms with Crippen LogP contribution in [0.25, 0.3) is 0 Å². The SMILES string of the molecule is CCCNC(=O)[C@@H](C)N(Cc1ccccc1F)C(=O)COc1ccc([N+](=O)[O-])c(OC)c1. The first-order valence-electron chi connectivity index (χ1n) is 10.0. The molecule has 1 N–H and O–H groups in total. The highest BCUT2D eigenvalue weighted by molar-refractivity contribution is 5.88. The number of rotatable bonds is 11. The first kappa shape index (κ1) is 24.6. The van der Waals surface area contributed by atoms with Crippen LogP contribution < -0.4 is 14.8 Å². The van der Waals surface area contributed by atoms with Gasteiger partial charge in [-0.15, -0.1) is 0 Å². The number of nitro benzene ring substituents is 1. The van der Waals surface area contributed by atoms with Crippen molar-refractivity contribution in [1.29, 1.82) is 0 Å². The summed E-state index contributed by atoms with van der Waals surface area (Å²) in [6.45, 7) is 3.32. The second kappa shape index (κ2) is 11.6. The van der Waals surface area contributed by atoms with Crippen LogP contribution in [0.5, 0.6) is 11.5 Å². The lowest BCUT2D eigenvalue weighted by Crippen LogP contribution is -2.49. The van der Waals surface area contributed by atoms with E-state index in [4.69, 9.17) is 9.47 Å². The summed E-state index contributed by atoms with van der Waals surface area (Å²) in [5, 5.41) is 13.7. The van der Waals surface area contributed by atoms with E-state index in [-0.39, 0.29) is 35.2 Å². The lowest BCUT2D eigenvalue weighted by molar-refractivity contribution is -0.385. The molecule has 2 amide bonds. The van der Waals surface area contributed by atoms with E-state index in [0.29, 0.717) is 6.54 Å². The molecule has 0 aliphatic rings. The smallest absolute Gasteiger partial charge is 0.311 e. The summed E-state index contributed by atoms with van der Waals surface area (Å²) in [6, 6.07) is 8.96. The number of nitrogens with one attached hydrogen (secondary N) is 1. The van der Waals surface area contributed by atoms with Crippen molar-refractivity contribution in [2.75, 3.05) is 20.3 Å². The molecule has 0 saturated carbocycles. The van der Waals surface area contributed by atoms with Gasteiger partial charge in [0.1, 0.15) is 17.6 Å². The molecule has 32 heavy (non-hydrogen) atoms. The summed E-state index contributed by atoms with van der Waals surface area (Å²) in [6.07, 6.45) is 0.727. The van der Waals surface area contributed by atoms with Crippen LogP contribution in [-0.2, 0) is 16.1 Å². The Labute approximate surface area is 185 Å². The monoisotopic (exact) mass is 447 g/mol. The van der Waals surface area contributed by atoms with Crippen molar-refractivity contribution in [1.82, 2.24) is 10.2 Å². The van der Waals surface area contributed by atoms with Crippen LogP contribution in [0.2, 0.25) is 0 Å². The molecule has 0 fully saturated rings. The molecule has 1 atom stereocenters. The van der Waals surface area contributed by atoms with Crippen molar-refractivity contribution >= 4 is 17.5 Å². The Kier molecular flexibility index (Phi) is 8.94. The first-order valence-corrected chi connectivity index (χ1v) is 10.0. The van der Waals surface area contributed by atoms with Crippen LogP contribution in [0.1, 0.15) is 25.8 Å². The number of benzene rings is 2. The minimum absolute atomic E-state index is 0.0181. The maximum atomic E-state index is 14.2. The Hall–Kier alpha value is -3.69. The second-order valence-corrected chi connectivity index (χ2v) is 6.96. The Morgan fingerprint density at radius 3 is 2.59 bits per heavy atom. The van der Waals surface area contributed by atoms with Gasteiger partial charge in [-0.1, -0.05) is 25.1 Å². The zero-order valence-corrected chi connectivity index (χ0v) is 18.2. The molecular weight excluding hydrogens is 421 g/mol. The largest absolute Gasteiger partial charge is 0.490 e. The van der Waals surface area contributed by atoms with Crippen molar-refractivity contribution < 1.29 is 28.4 Å². The molecule has 0 saturated heterocycles. The fourth-order valence-electron chi connectivity index (χ4n) is 2.92. The van der Waals surface area contributed by atoms with Crippen LogP contribution in [-0.4, -0.2) is 47.9 Å². The number of ether oxygens (including phenoxy) is 2. The minimum atomic E-state index is -0.872. The molecule has 0 aliphatic heterocycles. The van der Waals surface area contributed by atoms with Gasteiger partial charge in [-0.3, -0.25) is 19.7 Å².